The van der Waals surface area contributed by atoms with Gasteiger partial charge in [-0.1, -0.05) is 12.1 Å². The van der Waals surface area contributed by atoms with Crippen LogP contribution >= 0.6 is 0 Å². The van der Waals surface area contributed by atoms with Crippen LogP contribution in [0.5, 0.6) is 0 Å². The summed E-state index contributed by atoms with van der Waals surface area (Å²) in [6.45, 7) is 1.25. The zero-order chi connectivity index (χ0) is 20.7. The lowest BCUT2D eigenvalue weighted by molar-refractivity contribution is -0.119. The zero-order valence-corrected chi connectivity index (χ0v) is 16.4. The van der Waals surface area contributed by atoms with Crippen LogP contribution in [-0.4, -0.2) is 34.7 Å². The summed E-state index contributed by atoms with van der Waals surface area (Å²) in [5, 5.41) is 4.28. The molecule has 0 saturated carbocycles. The second-order valence-corrected chi connectivity index (χ2v) is 7.61. The average molecular weight is 404 g/mol. The van der Waals surface area contributed by atoms with Crippen molar-refractivity contribution in [1.82, 2.24) is 9.78 Å². The maximum absolute atomic E-state index is 14.3. The molecule has 3 aromatic rings. The monoisotopic (exact) mass is 404 g/mol. The Bertz CT molecular complexity index is 1120. The number of hydrogen-bond donors (Lipinski definition) is 0. The summed E-state index contributed by atoms with van der Waals surface area (Å²) in [7, 11) is 0. The van der Waals surface area contributed by atoms with Gasteiger partial charge in [0.15, 0.2) is 0 Å². The Kier molecular flexibility index (Phi) is 4.58. The molecule has 152 valence electrons. The van der Waals surface area contributed by atoms with Crippen LogP contribution in [0.1, 0.15) is 35.3 Å². The third-order valence-electron chi connectivity index (χ3n) is 5.77. The number of fused-ring (bicyclic) bond motifs is 1. The highest BCUT2D eigenvalue weighted by atomic mass is 19.1. The number of carbonyl (C=O) groups excluding carboxylic acids is 2. The van der Waals surface area contributed by atoms with E-state index in [1.165, 1.54) is 10.7 Å². The van der Waals surface area contributed by atoms with Crippen LogP contribution in [0.4, 0.5) is 15.8 Å². The molecule has 30 heavy (non-hydrogen) atoms. The first-order chi connectivity index (χ1) is 14.6. The van der Waals surface area contributed by atoms with Gasteiger partial charge in [-0.2, -0.15) is 5.10 Å². The number of piperidine rings is 1. The quantitative estimate of drug-likeness (QED) is 0.668. The SMILES string of the molecule is O=C1CCCCN1c1ccc(N2CCc3cnn(-c4ccccc4F)c3C2=O)cc1. The van der Waals surface area contributed by atoms with Crippen molar-refractivity contribution in [2.24, 2.45) is 0 Å². The van der Waals surface area contributed by atoms with E-state index < -0.39 is 5.82 Å². The first-order valence-electron chi connectivity index (χ1n) is 10.2. The minimum atomic E-state index is -0.427. The third kappa shape index (κ3) is 3.07. The molecule has 1 saturated heterocycles. The van der Waals surface area contributed by atoms with Gasteiger partial charge in [0.25, 0.3) is 5.91 Å². The van der Waals surface area contributed by atoms with Gasteiger partial charge in [-0.15, -0.1) is 0 Å². The topological polar surface area (TPSA) is 58.4 Å². The van der Waals surface area contributed by atoms with E-state index in [0.717, 1.165) is 36.3 Å². The van der Waals surface area contributed by atoms with Crippen molar-refractivity contribution in [3.63, 3.8) is 0 Å². The van der Waals surface area contributed by atoms with Crippen LogP contribution in [0.3, 0.4) is 0 Å². The van der Waals surface area contributed by atoms with E-state index in [9.17, 15) is 14.0 Å². The highest BCUT2D eigenvalue weighted by Crippen LogP contribution is 2.29. The first kappa shape index (κ1) is 18.5. The highest BCUT2D eigenvalue weighted by Gasteiger charge is 2.31. The van der Waals surface area contributed by atoms with Crippen LogP contribution in [0, 0.1) is 5.82 Å². The second-order valence-electron chi connectivity index (χ2n) is 7.61. The summed E-state index contributed by atoms with van der Waals surface area (Å²) in [5.41, 5.74) is 3.06. The number of nitrogens with zero attached hydrogens (tertiary/aromatic N) is 4. The van der Waals surface area contributed by atoms with E-state index in [0.29, 0.717) is 25.1 Å². The minimum Gasteiger partial charge on any atom is -0.312 e. The van der Waals surface area contributed by atoms with Crippen molar-refractivity contribution < 1.29 is 14.0 Å². The molecule has 0 bridgehead atoms. The molecule has 1 aromatic heterocycles. The molecular formula is C23H21FN4O2. The number of halogens is 1. The molecule has 1 fully saturated rings. The number of anilines is 2. The minimum absolute atomic E-state index is 0.140. The van der Waals surface area contributed by atoms with Gasteiger partial charge in [-0.3, -0.25) is 9.59 Å². The summed E-state index contributed by atoms with van der Waals surface area (Å²) in [6, 6.07) is 13.8. The molecule has 2 aliphatic rings. The first-order valence-corrected chi connectivity index (χ1v) is 10.2. The molecule has 2 aliphatic heterocycles. The zero-order valence-electron chi connectivity index (χ0n) is 16.4. The lowest BCUT2D eigenvalue weighted by Gasteiger charge is -2.29. The molecule has 3 heterocycles. The molecule has 0 aliphatic carbocycles. The van der Waals surface area contributed by atoms with Gasteiger partial charge in [0.2, 0.25) is 5.91 Å². The summed E-state index contributed by atoms with van der Waals surface area (Å²) in [4.78, 5) is 28.9. The van der Waals surface area contributed by atoms with Gasteiger partial charge >= 0.3 is 0 Å². The number of hydrogen-bond acceptors (Lipinski definition) is 3. The van der Waals surface area contributed by atoms with Crippen molar-refractivity contribution in [3.8, 4) is 5.69 Å². The predicted molar refractivity (Wildman–Crippen MR) is 112 cm³/mol. The Morgan fingerprint density at radius 3 is 2.30 bits per heavy atom. The largest absolute Gasteiger partial charge is 0.312 e. The van der Waals surface area contributed by atoms with E-state index in [4.69, 9.17) is 0 Å². The van der Waals surface area contributed by atoms with Gasteiger partial charge in [-0.05, 0) is 55.7 Å². The number of carbonyl (C=O) groups is 2. The van der Waals surface area contributed by atoms with Crippen molar-refractivity contribution in [1.29, 1.82) is 0 Å². The maximum atomic E-state index is 14.3. The van der Waals surface area contributed by atoms with Gasteiger partial charge in [-0.25, -0.2) is 9.07 Å². The Balaban J connectivity index is 1.45. The third-order valence-corrected chi connectivity index (χ3v) is 5.77. The standard InChI is InChI=1S/C23H21FN4O2/c24-19-5-1-2-6-20(19)28-22-16(15-25-28)12-14-27(23(22)30)18-10-8-17(9-11-18)26-13-4-3-7-21(26)29/h1-2,5-6,8-11,15H,3-4,7,12-14H2. The molecule has 7 heteroatoms. The smallest absolute Gasteiger partial charge is 0.277 e. The summed E-state index contributed by atoms with van der Waals surface area (Å²) in [5.74, 6) is -0.496. The lowest BCUT2D eigenvalue weighted by Crippen LogP contribution is -2.39. The fourth-order valence-corrected chi connectivity index (χ4v) is 4.20. The molecular weight excluding hydrogens is 383 g/mol. The van der Waals surface area contributed by atoms with Gasteiger partial charge in [0, 0.05) is 36.4 Å². The van der Waals surface area contributed by atoms with Gasteiger partial charge in [0.1, 0.15) is 17.2 Å². The Hall–Kier alpha value is -3.48. The van der Waals surface area contributed by atoms with Crippen LogP contribution in [-0.2, 0) is 11.2 Å². The molecule has 0 unspecified atom stereocenters. The normalized spacial score (nSPS) is 16.7. The molecule has 2 aromatic carbocycles. The molecule has 0 atom stereocenters. The van der Waals surface area contributed by atoms with Crippen molar-refractivity contribution in [2.75, 3.05) is 22.9 Å². The van der Waals surface area contributed by atoms with Crippen LogP contribution in [0.2, 0.25) is 0 Å². The Morgan fingerprint density at radius 1 is 0.833 bits per heavy atom. The van der Waals surface area contributed by atoms with Crippen molar-refractivity contribution >= 4 is 23.2 Å². The second kappa shape index (κ2) is 7.40. The van der Waals surface area contributed by atoms with Gasteiger partial charge < -0.3 is 9.80 Å². The predicted octanol–water partition coefficient (Wildman–Crippen LogP) is 3.73. The lowest BCUT2D eigenvalue weighted by atomic mass is 10.1. The molecule has 0 radical (unpaired) electrons. The van der Waals surface area contributed by atoms with E-state index in [1.807, 2.05) is 24.3 Å². The number of para-hydroxylation sites is 1. The van der Waals surface area contributed by atoms with Gasteiger partial charge in [0.05, 0.1) is 6.20 Å². The van der Waals surface area contributed by atoms with Crippen LogP contribution in [0.25, 0.3) is 5.69 Å². The average Bonchev–Trinajstić information content (AvgIpc) is 3.20. The highest BCUT2D eigenvalue weighted by molar-refractivity contribution is 6.07. The van der Waals surface area contributed by atoms with Crippen molar-refractivity contribution in [2.45, 2.75) is 25.7 Å². The van der Waals surface area contributed by atoms with Crippen LogP contribution < -0.4 is 9.80 Å². The van der Waals surface area contributed by atoms with E-state index in [2.05, 4.69) is 5.10 Å². The molecule has 0 N–H and O–H groups in total. The fourth-order valence-electron chi connectivity index (χ4n) is 4.20. The number of aromatic nitrogens is 2. The number of benzene rings is 2. The van der Waals surface area contributed by atoms with Crippen LogP contribution in [0.15, 0.2) is 54.7 Å². The summed E-state index contributed by atoms with van der Waals surface area (Å²) in [6.07, 6.45) is 4.80. The van der Waals surface area contributed by atoms with Crippen molar-refractivity contribution in [3.05, 3.63) is 71.8 Å². The van der Waals surface area contributed by atoms with E-state index in [1.54, 1.807) is 34.2 Å². The molecule has 5 rings (SSSR count). The Labute approximate surface area is 173 Å². The van der Waals surface area contributed by atoms with E-state index >= 15 is 0 Å². The maximum Gasteiger partial charge on any atom is 0.277 e. The number of amides is 2. The summed E-state index contributed by atoms with van der Waals surface area (Å²) >= 11 is 0. The fraction of sp³-hybridized carbons (Fsp3) is 0.261. The van der Waals surface area contributed by atoms with E-state index in [-0.39, 0.29) is 17.5 Å². The molecule has 0 spiro atoms. The molecule has 2 amide bonds. The molecule has 6 nitrogen and oxygen atoms in total. The Morgan fingerprint density at radius 2 is 1.57 bits per heavy atom. The summed E-state index contributed by atoms with van der Waals surface area (Å²) < 4.78 is 15.7. The number of rotatable bonds is 3.